The van der Waals surface area contributed by atoms with Gasteiger partial charge in [-0.2, -0.15) is 0 Å². The van der Waals surface area contributed by atoms with Crippen LogP contribution in [0.4, 0.5) is 5.13 Å². The highest BCUT2D eigenvalue weighted by atomic mass is 32.2. The lowest BCUT2D eigenvalue weighted by Crippen LogP contribution is -2.16. The molecular weight excluding hydrogens is 226 g/mol. The van der Waals surface area contributed by atoms with Gasteiger partial charge in [0.1, 0.15) is 5.51 Å². The van der Waals surface area contributed by atoms with Gasteiger partial charge in [-0.15, -0.1) is 10.2 Å². The molecule has 0 bridgehead atoms. The number of unbranched alkanes of at least 4 members (excludes halogenated alkanes) is 1. The summed E-state index contributed by atoms with van der Waals surface area (Å²) in [4.78, 5) is 0. The van der Waals surface area contributed by atoms with E-state index in [1.807, 2.05) is 0 Å². The third-order valence-corrected chi connectivity index (χ3v) is 3.49. The normalized spacial score (nSPS) is 11.5. The van der Waals surface area contributed by atoms with Gasteiger partial charge in [-0.05, 0) is 12.8 Å². The van der Waals surface area contributed by atoms with Crippen molar-refractivity contribution in [2.75, 3.05) is 17.1 Å². The number of hydrogen-bond acceptors (Lipinski definition) is 6. The molecule has 0 amide bonds. The van der Waals surface area contributed by atoms with Gasteiger partial charge in [-0.3, -0.25) is 4.72 Å². The molecule has 0 atom stereocenters. The number of hydrogen-bond donors (Lipinski definition) is 2. The van der Waals surface area contributed by atoms with Crippen LogP contribution < -0.4 is 4.72 Å². The van der Waals surface area contributed by atoms with E-state index in [1.54, 1.807) is 0 Å². The average molecular weight is 237 g/mol. The molecule has 0 aromatic carbocycles. The van der Waals surface area contributed by atoms with Crippen molar-refractivity contribution in [1.82, 2.24) is 10.2 Å². The topological polar surface area (TPSA) is 92.2 Å². The smallest absolute Gasteiger partial charge is 0.234 e. The van der Waals surface area contributed by atoms with Crippen LogP contribution >= 0.6 is 11.3 Å². The minimum atomic E-state index is -3.33. The zero-order chi connectivity index (χ0) is 10.4. The molecule has 0 unspecified atom stereocenters. The zero-order valence-corrected chi connectivity index (χ0v) is 9.01. The molecule has 8 heteroatoms. The van der Waals surface area contributed by atoms with E-state index in [1.165, 1.54) is 5.51 Å². The van der Waals surface area contributed by atoms with Crippen LogP contribution in [0.25, 0.3) is 0 Å². The number of rotatable bonds is 6. The van der Waals surface area contributed by atoms with Crippen molar-refractivity contribution in [1.29, 1.82) is 0 Å². The number of sulfonamides is 1. The molecule has 2 N–H and O–H groups in total. The predicted molar refractivity (Wildman–Crippen MR) is 53.6 cm³/mol. The number of nitrogens with zero attached hydrogens (tertiary/aromatic N) is 2. The van der Waals surface area contributed by atoms with Gasteiger partial charge >= 0.3 is 0 Å². The SMILES string of the molecule is O=S(=O)(CCCCO)Nc1nncs1. The number of nitrogens with one attached hydrogen (secondary N) is 1. The Morgan fingerprint density at radius 3 is 2.86 bits per heavy atom. The van der Waals surface area contributed by atoms with Crippen LogP contribution in [0.5, 0.6) is 0 Å². The Morgan fingerprint density at radius 2 is 2.29 bits per heavy atom. The van der Waals surface area contributed by atoms with Gasteiger partial charge in [0, 0.05) is 6.61 Å². The van der Waals surface area contributed by atoms with Crippen molar-refractivity contribution in [3.63, 3.8) is 0 Å². The van der Waals surface area contributed by atoms with E-state index in [0.717, 1.165) is 11.3 Å². The number of aliphatic hydroxyl groups is 1. The molecule has 1 aromatic rings. The molecule has 1 aromatic heterocycles. The molecule has 0 saturated carbocycles. The Bertz CT molecular complexity index is 348. The standard InChI is InChI=1S/C6H11N3O3S2/c10-3-1-2-4-14(11,12)9-6-8-7-5-13-6/h5,10H,1-4H2,(H,8,9). The third-order valence-electron chi connectivity index (χ3n) is 1.42. The first-order chi connectivity index (χ1) is 6.64. The largest absolute Gasteiger partial charge is 0.396 e. The quantitative estimate of drug-likeness (QED) is 0.682. The molecule has 0 radical (unpaired) electrons. The highest BCUT2D eigenvalue weighted by Crippen LogP contribution is 2.10. The monoisotopic (exact) mass is 237 g/mol. The molecular formula is C6H11N3O3S2. The Kier molecular flexibility index (Phi) is 4.23. The molecule has 0 saturated heterocycles. The summed E-state index contributed by atoms with van der Waals surface area (Å²) in [6.07, 6.45) is 0.918. The fourth-order valence-electron chi connectivity index (χ4n) is 0.805. The summed E-state index contributed by atoms with van der Waals surface area (Å²) in [6.45, 7) is 0.00826. The summed E-state index contributed by atoms with van der Waals surface area (Å²) < 4.78 is 24.9. The minimum absolute atomic E-state index is 0.00681. The zero-order valence-electron chi connectivity index (χ0n) is 7.38. The molecule has 80 valence electrons. The first-order valence-electron chi connectivity index (χ1n) is 4.01. The lowest BCUT2D eigenvalue weighted by molar-refractivity contribution is 0.287. The molecule has 0 spiro atoms. The predicted octanol–water partition coefficient (Wildman–Crippen LogP) is 0.0523. The van der Waals surface area contributed by atoms with Crippen LogP contribution in [0.15, 0.2) is 5.51 Å². The van der Waals surface area contributed by atoms with E-state index in [0.29, 0.717) is 12.8 Å². The average Bonchev–Trinajstić information content (AvgIpc) is 2.56. The van der Waals surface area contributed by atoms with Crippen molar-refractivity contribution in [2.45, 2.75) is 12.8 Å². The Morgan fingerprint density at radius 1 is 1.50 bits per heavy atom. The highest BCUT2D eigenvalue weighted by Gasteiger charge is 2.11. The molecule has 0 fully saturated rings. The molecule has 6 nitrogen and oxygen atoms in total. The van der Waals surface area contributed by atoms with Crippen molar-refractivity contribution in [2.24, 2.45) is 0 Å². The van der Waals surface area contributed by atoms with E-state index in [9.17, 15) is 8.42 Å². The molecule has 0 aliphatic rings. The summed E-state index contributed by atoms with van der Waals surface area (Å²) in [6, 6.07) is 0. The summed E-state index contributed by atoms with van der Waals surface area (Å²) in [5.74, 6) is -0.00681. The Hall–Kier alpha value is -0.730. The third kappa shape index (κ3) is 3.99. The fourth-order valence-corrected chi connectivity index (χ4v) is 2.66. The summed E-state index contributed by atoms with van der Waals surface area (Å²) >= 11 is 1.13. The lowest BCUT2D eigenvalue weighted by atomic mass is 10.4. The maximum Gasteiger partial charge on any atom is 0.234 e. The van der Waals surface area contributed by atoms with E-state index in [2.05, 4.69) is 14.9 Å². The van der Waals surface area contributed by atoms with Crippen LogP contribution in [0.2, 0.25) is 0 Å². The second-order valence-corrected chi connectivity index (χ2v) is 5.27. The van der Waals surface area contributed by atoms with Crippen molar-refractivity contribution in [3.8, 4) is 0 Å². The second kappa shape index (κ2) is 5.23. The minimum Gasteiger partial charge on any atom is -0.396 e. The van der Waals surface area contributed by atoms with E-state index >= 15 is 0 Å². The van der Waals surface area contributed by atoms with E-state index in [-0.39, 0.29) is 17.5 Å². The number of anilines is 1. The molecule has 14 heavy (non-hydrogen) atoms. The van der Waals surface area contributed by atoms with Crippen molar-refractivity contribution in [3.05, 3.63) is 5.51 Å². The second-order valence-electron chi connectivity index (χ2n) is 2.60. The number of aromatic nitrogens is 2. The Balaban J connectivity index is 2.42. The van der Waals surface area contributed by atoms with Crippen LogP contribution in [-0.4, -0.2) is 36.1 Å². The lowest BCUT2D eigenvalue weighted by Gasteiger charge is -2.02. The van der Waals surface area contributed by atoms with Crippen LogP contribution in [-0.2, 0) is 10.0 Å². The maximum atomic E-state index is 11.3. The van der Waals surface area contributed by atoms with Crippen LogP contribution in [0.3, 0.4) is 0 Å². The highest BCUT2D eigenvalue weighted by molar-refractivity contribution is 7.92. The fraction of sp³-hybridized carbons (Fsp3) is 0.667. The van der Waals surface area contributed by atoms with Gasteiger partial charge in [-0.1, -0.05) is 11.3 Å². The van der Waals surface area contributed by atoms with Gasteiger partial charge in [-0.25, -0.2) is 8.42 Å². The van der Waals surface area contributed by atoms with Gasteiger partial charge in [0.2, 0.25) is 15.2 Å². The molecule has 0 aliphatic heterocycles. The maximum absolute atomic E-state index is 11.3. The summed E-state index contributed by atoms with van der Waals surface area (Å²) in [5.41, 5.74) is 1.45. The van der Waals surface area contributed by atoms with Gasteiger partial charge in [0.05, 0.1) is 5.75 Å². The van der Waals surface area contributed by atoms with E-state index < -0.39 is 10.0 Å². The number of aliphatic hydroxyl groups excluding tert-OH is 1. The van der Waals surface area contributed by atoms with Crippen LogP contribution in [0, 0.1) is 0 Å². The Labute approximate surface area is 86.0 Å². The van der Waals surface area contributed by atoms with E-state index in [4.69, 9.17) is 5.11 Å². The van der Waals surface area contributed by atoms with Gasteiger partial charge < -0.3 is 5.11 Å². The van der Waals surface area contributed by atoms with Gasteiger partial charge in [0.25, 0.3) is 0 Å². The molecule has 0 aliphatic carbocycles. The summed E-state index contributed by atoms with van der Waals surface area (Å²) in [5, 5.41) is 15.8. The summed E-state index contributed by atoms with van der Waals surface area (Å²) in [7, 11) is -3.33. The van der Waals surface area contributed by atoms with Crippen molar-refractivity contribution >= 4 is 26.5 Å². The molecule has 1 rings (SSSR count). The first-order valence-corrected chi connectivity index (χ1v) is 6.55. The van der Waals surface area contributed by atoms with Crippen LogP contribution in [0.1, 0.15) is 12.8 Å². The first kappa shape index (κ1) is 11.3. The molecule has 1 heterocycles. The van der Waals surface area contributed by atoms with Gasteiger partial charge in [0.15, 0.2) is 0 Å². The van der Waals surface area contributed by atoms with Crippen molar-refractivity contribution < 1.29 is 13.5 Å².